The Morgan fingerprint density at radius 3 is 1.62 bits per heavy atom. The molecule has 1 fully saturated rings. The number of halogens is 6. The number of hydrogen-bond donors (Lipinski definition) is 1. The van der Waals surface area contributed by atoms with E-state index in [2.05, 4.69) is 19.4 Å². The van der Waals surface area contributed by atoms with E-state index in [9.17, 15) is 36.7 Å². The van der Waals surface area contributed by atoms with E-state index in [0.717, 1.165) is 29.8 Å². The first-order chi connectivity index (χ1) is 21.2. The van der Waals surface area contributed by atoms with Crippen molar-refractivity contribution in [2.45, 2.75) is 43.6 Å². The third kappa shape index (κ3) is 8.62. The second kappa shape index (κ2) is 12.5. The minimum atomic E-state index is -4.91. The van der Waals surface area contributed by atoms with Gasteiger partial charge in [0.25, 0.3) is 0 Å². The molecule has 1 saturated heterocycles. The lowest BCUT2D eigenvalue weighted by molar-refractivity contribution is -0.901. The molecule has 0 spiro atoms. The lowest BCUT2D eigenvalue weighted by atomic mass is 9.72. The van der Waals surface area contributed by atoms with Gasteiger partial charge in [0.05, 0.1) is 18.7 Å². The molecule has 0 radical (unpaired) electrons. The summed E-state index contributed by atoms with van der Waals surface area (Å²) in [6, 6.07) is 18.5. The highest BCUT2D eigenvalue weighted by Gasteiger charge is 2.45. The highest BCUT2D eigenvalue weighted by molar-refractivity contribution is 5.41. The molecular weight excluding hydrogens is 608 g/mol. The summed E-state index contributed by atoms with van der Waals surface area (Å²) < 4.78 is 89.1. The smallest absolute Gasteiger partial charge is 0.573 e. The Morgan fingerprint density at radius 1 is 0.733 bits per heavy atom. The van der Waals surface area contributed by atoms with Gasteiger partial charge in [0.15, 0.2) is 0 Å². The fourth-order valence-electron chi connectivity index (χ4n) is 5.45. The normalized spacial score (nSPS) is 20.6. The van der Waals surface area contributed by atoms with Gasteiger partial charge in [-0.15, -0.1) is 26.3 Å². The second-order valence-electron chi connectivity index (χ2n) is 10.7. The van der Waals surface area contributed by atoms with Gasteiger partial charge in [0.2, 0.25) is 0 Å². The Hall–Kier alpha value is -4.40. The zero-order valence-electron chi connectivity index (χ0n) is 23.5. The number of likely N-dealkylation sites (tertiary alicyclic amines) is 1. The maximum atomic E-state index is 13.7. The first-order valence-corrected chi connectivity index (χ1v) is 13.7. The predicted octanol–water partition coefficient (Wildman–Crippen LogP) is 7.24. The molecule has 45 heavy (non-hydrogen) atoms. The van der Waals surface area contributed by atoms with Crippen LogP contribution in [0.5, 0.6) is 23.3 Å². The fourth-order valence-corrected chi connectivity index (χ4v) is 5.45. The van der Waals surface area contributed by atoms with E-state index < -0.39 is 40.4 Å². The second-order valence-corrected chi connectivity index (χ2v) is 10.7. The Balaban J connectivity index is 1.33. The minimum absolute atomic E-state index is 0.00758. The lowest BCUT2D eigenvalue weighted by Gasteiger charge is -2.51. The number of hydrogen-bond acceptors (Lipinski definition) is 7. The largest absolute Gasteiger partial charge is 0.633 e. The lowest BCUT2D eigenvalue weighted by Crippen LogP contribution is -2.55. The van der Waals surface area contributed by atoms with Crippen LogP contribution < -0.4 is 14.2 Å². The van der Waals surface area contributed by atoms with E-state index >= 15 is 0 Å². The van der Waals surface area contributed by atoms with Crippen LogP contribution in [0, 0.1) is 5.21 Å². The number of quaternary nitrogens is 1. The molecule has 14 heteroatoms. The van der Waals surface area contributed by atoms with Crippen molar-refractivity contribution in [2.75, 3.05) is 13.1 Å². The first-order valence-electron chi connectivity index (χ1n) is 13.7. The average Bonchev–Trinajstić information content (AvgIpc) is 2.97. The zero-order valence-corrected chi connectivity index (χ0v) is 23.5. The molecule has 8 nitrogen and oxygen atoms in total. The van der Waals surface area contributed by atoms with Gasteiger partial charge in [-0.05, 0) is 65.7 Å². The van der Waals surface area contributed by atoms with E-state index in [4.69, 9.17) is 4.74 Å². The SMILES string of the molecule is [O-][N+]1(Cc2ccc(Oc3ncccn3)cc2)CCC(O)(C(c2ccc(OC(F)(F)F)cc2)c2ccc(OC(F)(F)F)cc2)CC1. The van der Waals surface area contributed by atoms with Crippen LogP contribution in [0.3, 0.4) is 0 Å². The van der Waals surface area contributed by atoms with Crippen molar-refractivity contribution in [3.05, 3.63) is 113 Å². The summed E-state index contributed by atoms with van der Waals surface area (Å²) in [4.78, 5) is 7.99. The van der Waals surface area contributed by atoms with Crippen LogP contribution in [-0.2, 0) is 6.54 Å². The monoisotopic (exact) mass is 635 g/mol. The summed E-state index contributed by atoms with van der Waals surface area (Å²) in [6.07, 6.45) is -6.71. The molecule has 2 heterocycles. The summed E-state index contributed by atoms with van der Waals surface area (Å²) >= 11 is 0. The van der Waals surface area contributed by atoms with E-state index in [1.54, 1.807) is 42.7 Å². The molecule has 1 N–H and O–H groups in total. The molecule has 0 amide bonds. The van der Waals surface area contributed by atoms with Gasteiger partial charge in [-0.2, -0.15) is 0 Å². The molecule has 1 aliphatic rings. The van der Waals surface area contributed by atoms with Gasteiger partial charge in [0, 0.05) is 36.7 Å². The molecule has 238 valence electrons. The molecule has 0 aliphatic carbocycles. The van der Waals surface area contributed by atoms with Gasteiger partial charge in [0.1, 0.15) is 23.8 Å². The van der Waals surface area contributed by atoms with Gasteiger partial charge >= 0.3 is 18.7 Å². The van der Waals surface area contributed by atoms with Crippen molar-refractivity contribution in [3.63, 3.8) is 0 Å². The van der Waals surface area contributed by atoms with Gasteiger partial charge in [-0.1, -0.05) is 24.3 Å². The standard InChI is InChI=1S/C31H27F6N3O5/c32-30(33,34)44-25-10-4-22(5-11-25)27(23-6-12-26(13-7-23)45-31(35,36)37)29(41)14-18-40(42,19-15-29)20-21-2-8-24(9-3-21)43-28-38-16-1-17-39-28/h1-13,16-17,27,41H,14-15,18-20H2. The Bertz CT molecular complexity index is 1480. The van der Waals surface area contributed by atoms with Gasteiger partial charge in [-0.25, -0.2) is 9.97 Å². The highest BCUT2D eigenvalue weighted by atomic mass is 19.4. The Morgan fingerprint density at radius 2 is 1.18 bits per heavy atom. The number of rotatable bonds is 9. The van der Waals surface area contributed by atoms with E-state index in [0.29, 0.717) is 16.9 Å². The molecular formula is C31H27F6N3O5. The van der Waals surface area contributed by atoms with Crippen LogP contribution in [-0.4, -0.2) is 51.1 Å². The van der Waals surface area contributed by atoms with Crippen LogP contribution in [0.1, 0.15) is 35.4 Å². The van der Waals surface area contributed by atoms with Crippen molar-refractivity contribution < 1.29 is 50.3 Å². The fraction of sp³-hybridized carbons (Fsp3) is 0.290. The van der Waals surface area contributed by atoms with Crippen molar-refractivity contribution >= 4 is 0 Å². The van der Waals surface area contributed by atoms with Crippen LogP contribution in [0.4, 0.5) is 26.3 Å². The average molecular weight is 636 g/mol. The molecule has 1 aromatic heterocycles. The van der Waals surface area contributed by atoms with Crippen molar-refractivity contribution in [3.8, 4) is 23.3 Å². The minimum Gasteiger partial charge on any atom is -0.633 e. The molecule has 0 saturated carbocycles. The first kappa shape index (κ1) is 32.0. The molecule has 0 unspecified atom stereocenters. The Labute approximate surface area is 253 Å². The van der Waals surface area contributed by atoms with Crippen LogP contribution >= 0.6 is 0 Å². The number of nitrogens with zero attached hydrogens (tertiary/aromatic N) is 3. The third-order valence-electron chi connectivity index (χ3n) is 7.48. The van der Waals surface area contributed by atoms with Crippen LogP contribution in [0.2, 0.25) is 0 Å². The number of ether oxygens (including phenoxy) is 3. The van der Waals surface area contributed by atoms with Crippen molar-refractivity contribution in [2.24, 2.45) is 0 Å². The number of aliphatic hydroxyl groups is 1. The summed E-state index contributed by atoms with van der Waals surface area (Å²) in [6.45, 7) is 0.122. The molecule has 5 rings (SSSR count). The molecule has 3 aromatic carbocycles. The highest BCUT2D eigenvalue weighted by Crippen LogP contribution is 2.44. The summed E-state index contributed by atoms with van der Waals surface area (Å²) in [7, 11) is 0. The van der Waals surface area contributed by atoms with Gasteiger partial charge in [-0.3, -0.25) is 0 Å². The molecule has 4 aromatic rings. The van der Waals surface area contributed by atoms with E-state index in [1.165, 1.54) is 24.3 Å². The Kier molecular flexibility index (Phi) is 8.92. The van der Waals surface area contributed by atoms with Crippen LogP contribution in [0.15, 0.2) is 91.3 Å². The topological polar surface area (TPSA) is 96.8 Å². The maximum Gasteiger partial charge on any atom is 0.573 e. The number of alkyl halides is 6. The van der Waals surface area contributed by atoms with Crippen LogP contribution in [0.25, 0.3) is 0 Å². The zero-order chi connectivity index (χ0) is 32.3. The number of hydroxylamine groups is 3. The third-order valence-corrected chi connectivity index (χ3v) is 7.48. The number of aromatic nitrogens is 2. The summed E-state index contributed by atoms with van der Waals surface area (Å²) in [5.41, 5.74) is -0.0344. The summed E-state index contributed by atoms with van der Waals surface area (Å²) in [5, 5.41) is 25.7. The quantitative estimate of drug-likeness (QED) is 0.118. The van der Waals surface area contributed by atoms with Gasteiger partial charge < -0.3 is 29.2 Å². The maximum absolute atomic E-state index is 13.7. The van der Waals surface area contributed by atoms with Crippen molar-refractivity contribution in [1.29, 1.82) is 0 Å². The summed E-state index contributed by atoms with van der Waals surface area (Å²) in [5.74, 6) is -1.35. The number of benzene rings is 3. The molecule has 1 aliphatic heterocycles. The van der Waals surface area contributed by atoms with E-state index in [1.807, 2.05) is 0 Å². The van der Waals surface area contributed by atoms with E-state index in [-0.39, 0.29) is 38.5 Å². The predicted molar refractivity (Wildman–Crippen MR) is 148 cm³/mol. The molecule has 0 atom stereocenters. The molecule has 0 bridgehead atoms. The number of piperidine rings is 1. The van der Waals surface area contributed by atoms with Crippen molar-refractivity contribution in [1.82, 2.24) is 9.97 Å².